The van der Waals surface area contributed by atoms with Crippen molar-refractivity contribution in [1.82, 2.24) is 10.3 Å². The molecule has 0 aliphatic heterocycles. The molecule has 0 saturated carbocycles. The van der Waals surface area contributed by atoms with Crippen LogP contribution < -0.4 is 5.32 Å². The molecular weight excluding hydrogens is 180 g/mol. The van der Waals surface area contributed by atoms with Crippen molar-refractivity contribution < 1.29 is 0 Å². The molecule has 0 aromatic carbocycles. The van der Waals surface area contributed by atoms with E-state index in [-0.39, 0.29) is 0 Å². The summed E-state index contributed by atoms with van der Waals surface area (Å²) in [5, 5.41) is 3.43. The van der Waals surface area contributed by atoms with Crippen LogP contribution in [0.25, 0.3) is 0 Å². The zero-order chi connectivity index (χ0) is 9.52. The molecule has 0 radical (unpaired) electrons. The Balaban J connectivity index is 2.07. The summed E-state index contributed by atoms with van der Waals surface area (Å²) in [6, 6.07) is 4.13. The van der Waals surface area contributed by atoms with E-state index in [0.717, 1.165) is 19.0 Å². The Kier molecular flexibility index (Phi) is 5.01. The second kappa shape index (κ2) is 6.11. The Morgan fingerprint density at radius 1 is 1.62 bits per heavy atom. The summed E-state index contributed by atoms with van der Waals surface area (Å²) in [6.45, 7) is 4.32. The molecule has 1 atom stereocenters. The zero-order valence-corrected chi connectivity index (χ0v) is 9.16. The molecule has 2 N–H and O–H groups in total. The highest BCUT2D eigenvalue weighted by Crippen LogP contribution is 2.03. The van der Waals surface area contributed by atoms with Crippen molar-refractivity contribution in [1.29, 1.82) is 0 Å². The van der Waals surface area contributed by atoms with Crippen LogP contribution in [0.4, 0.5) is 0 Å². The van der Waals surface area contributed by atoms with Crippen LogP contribution in [0.2, 0.25) is 0 Å². The third-order valence-corrected chi connectivity index (χ3v) is 2.82. The summed E-state index contributed by atoms with van der Waals surface area (Å²) in [7, 11) is 0. The molecule has 0 fully saturated rings. The number of aromatic amines is 1. The van der Waals surface area contributed by atoms with Gasteiger partial charge in [-0.05, 0) is 36.6 Å². The normalized spacial score (nSPS) is 13.1. The van der Waals surface area contributed by atoms with Gasteiger partial charge in [0.15, 0.2) is 0 Å². The smallest absolute Gasteiger partial charge is 0.0357 e. The fraction of sp³-hybridized carbons (Fsp3) is 0.600. The minimum atomic E-state index is 0.755. The summed E-state index contributed by atoms with van der Waals surface area (Å²) < 4.78 is 0. The molecule has 0 bridgehead atoms. The third kappa shape index (κ3) is 4.39. The van der Waals surface area contributed by atoms with Gasteiger partial charge >= 0.3 is 0 Å². The highest BCUT2D eigenvalue weighted by Gasteiger charge is 1.99. The quantitative estimate of drug-likeness (QED) is 0.732. The van der Waals surface area contributed by atoms with Crippen LogP contribution in [0.5, 0.6) is 0 Å². The average molecular weight is 198 g/mol. The number of thioether (sulfide) groups is 1. The first-order valence-corrected chi connectivity index (χ1v) is 6.04. The van der Waals surface area contributed by atoms with Gasteiger partial charge in [-0.2, -0.15) is 11.8 Å². The van der Waals surface area contributed by atoms with E-state index in [1.807, 2.05) is 24.0 Å². The van der Waals surface area contributed by atoms with Gasteiger partial charge in [-0.15, -0.1) is 0 Å². The first kappa shape index (κ1) is 10.7. The molecule has 0 saturated heterocycles. The van der Waals surface area contributed by atoms with Gasteiger partial charge in [0.05, 0.1) is 0 Å². The third-order valence-electron chi connectivity index (χ3n) is 1.92. The van der Waals surface area contributed by atoms with Gasteiger partial charge in [0.1, 0.15) is 0 Å². The van der Waals surface area contributed by atoms with Gasteiger partial charge in [0, 0.05) is 18.4 Å². The number of H-pyrrole nitrogens is 1. The Hall–Kier alpha value is -0.410. The number of rotatable bonds is 6. The summed E-state index contributed by atoms with van der Waals surface area (Å²) in [5.41, 5.74) is 1.26. The predicted molar refractivity (Wildman–Crippen MR) is 60.0 cm³/mol. The number of hydrogen-bond acceptors (Lipinski definition) is 2. The minimum absolute atomic E-state index is 0.755. The van der Waals surface area contributed by atoms with Crippen molar-refractivity contribution in [2.24, 2.45) is 5.92 Å². The van der Waals surface area contributed by atoms with E-state index in [9.17, 15) is 0 Å². The molecule has 1 heterocycles. The molecule has 3 heteroatoms. The van der Waals surface area contributed by atoms with Crippen molar-refractivity contribution in [3.8, 4) is 0 Å². The summed E-state index contributed by atoms with van der Waals surface area (Å²) in [4.78, 5) is 3.18. The predicted octanol–water partition coefficient (Wildman–Crippen LogP) is 2.10. The minimum Gasteiger partial charge on any atom is -0.364 e. The van der Waals surface area contributed by atoms with E-state index >= 15 is 0 Å². The highest BCUT2D eigenvalue weighted by molar-refractivity contribution is 7.98. The molecule has 0 spiro atoms. The van der Waals surface area contributed by atoms with Gasteiger partial charge in [0.25, 0.3) is 0 Å². The standard InChI is InChI=1S/C10H18N2S/c1-9(8-13-2)6-11-7-10-4-3-5-12-10/h3-5,9,11-12H,6-8H2,1-2H3. The number of aromatic nitrogens is 1. The van der Waals surface area contributed by atoms with Crippen LogP contribution in [0, 0.1) is 5.92 Å². The van der Waals surface area contributed by atoms with Crippen LogP contribution in [-0.4, -0.2) is 23.5 Å². The zero-order valence-electron chi connectivity index (χ0n) is 8.34. The van der Waals surface area contributed by atoms with Crippen molar-refractivity contribution in [3.63, 3.8) is 0 Å². The van der Waals surface area contributed by atoms with E-state index in [1.54, 1.807) is 0 Å². The second-order valence-corrected chi connectivity index (χ2v) is 4.30. The Bertz CT molecular complexity index is 209. The summed E-state index contributed by atoms with van der Waals surface area (Å²) in [6.07, 6.45) is 4.11. The first-order valence-electron chi connectivity index (χ1n) is 4.65. The topological polar surface area (TPSA) is 27.8 Å². The van der Waals surface area contributed by atoms with Gasteiger partial charge in [-0.3, -0.25) is 0 Å². The number of hydrogen-bond donors (Lipinski definition) is 2. The van der Waals surface area contributed by atoms with Crippen molar-refractivity contribution in [2.45, 2.75) is 13.5 Å². The molecule has 0 aliphatic carbocycles. The number of nitrogens with one attached hydrogen (secondary N) is 2. The van der Waals surface area contributed by atoms with Crippen LogP contribution in [0.3, 0.4) is 0 Å². The van der Waals surface area contributed by atoms with Gasteiger partial charge in [-0.1, -0.05) is 6.92 Å². The van der Waals surface area contributed by atoms with Gasteiger partial charge < -0.3 is 10.3 Å². The van der Waals surface area contributed by atoms with E-state index in [4.69, 9.17) is 0 Å². The fourth-order valence-corrected chi connectivity index (χ4v) is 1.96. The molecule has 0 aliphatic rings. The Labute approximate surface area is 84.5 Å². The lowest BCUT2D eigenvalue weighted by molar-refractivity contribution is 0.556. The average Bonchev–Trinajstić information content (AvgIpc) is 2.57. The van der Waals surface area contributed by atoms with E-state index in [2.05, 4.69) is 29.5 Å². The largest absolute Gasteiger partial charge is 0.364 e. The molecule has 74 valence electrons. The lowest BCUT2D eigenvalue weighted by atomic mass is 10.2. The van der Waals surface area contributed by atoms with E-state index in [1.165, 1.54) is 11.4 Å². The lowest BCUT2D eigenvalue weighted by Gasteiger charge is -2.10. The Morgan fingerprint density at radius 3 is 3.08 bits per heavy atom. The van der Waals surface area contributed by atoms with Crippen molar-refractivity contribution >= 4 is 11.8 Å². The van der Waals surface area contributed by atoms with Crippen LogP contribution in [0.15, 0.2) is 18.3 Å². The molecule has 13 heavy (non-hydrogen) atoms. The maximum absolute atomic E-state index is 3.43. The van der Waals surface area contributed by atoms with E-state index < -0.39 is 0 Å². The van der Waals surface area contributed by atoms with Crippen LogP contribution in [-0.2, 0) is 6.54 Å². The van der Waals surface area contributed by atoms with E-state index in [0.29, 0.717) is 0 Å². The van der Waals surface area contributed by atoms with Crippen molar-refractivity contribution in [3.05, 3.63) is 24.0 Å². The first-order chi connectivity index (χ1) is 6.33. The Morgan fingerprint density at radius 2 is 2.46 bits per heavy atom. The molecular formula is C10H18N2S. The maximum Gasteiger partial charge on any atom is 0.0357 e. The molecule has 2 nitrogen and oxygen atoms in total. The fourth-order valence-electron chi connectivity index (χ4n) is 1.27. The SMILES string of the molecule is CSCC(C)CNCc1ccc[nH]1. The summed E-state index contributed by atoms with van der Waals surface area (Å²) in [5.74, 6) is 1.99. The monoisotopic (exact) mass is 198 g/mol. The molecule has 1 rings (SSSR count). The van der Waals surface area contributed by atoms with Crippen LogP contribution >= 0.6 is 11.8 Å². The van der Waals surface area contributed by atoms with Crippen LogP contribution in [0.1, 0.15) is 12.6 Å². The van der Waals surface area contributed by atoms with Crippen molar-refractivity contribution in [2.75, 3.05) is 18.6 Å². The van der Waals surface area contributed by atoms with Gasteiger partial charge in [-0.25, -0.2) is 0 Å². The molecule has 1 aromatic heterocycles. The second-order valence-electron chi connectivity index (χ2n) is 3.39. The molecule has 0 amide bonds. The maximum atomic E-state index is 3.43. The lowest BCUT2D eigenvalue weighted by Crippen LogP contribution is -2.22. The molecule has 1 aromatic rings. The molecule has 1 unspecified atom stereocenters. The highest BCUT2D eigenvalue weighted by atomic mass is 32.2. The van der Waals surface area contributed by atoms with Gasteiger partial charge in [0.2, 0.25) is 0 Å². The summed E-state index contributed by atoms with van der Waals surface area (Å²) >= 11 is 1.91.